The van der Waals surface area contributed by atoms with E-state index in [4.69, 9.17) is 0 Å². The number of imidazole rings is 1. The third-order valence-electron chi connectivity index (χ3n) is 2.26. The van der Waals surface area contributed by atoms with Crippen molar-refractivity contribution < 1.29 is 0 Å². The molecule has 0 aromatic carbocycles. The fraction of sp³-hybridized carbons (Fsp3) is 0.727. The highest BCUT2D eigenvalue weighted by Gasteiger charge is 1.99. The Balaban J connectivity index is 2.30. The van der Waals surface area contributed by atoms with Gasteiger partial charge >= 0.3 is 0 Å². The third-order valence-corrected chi connectivity index (χ3v) is 2.26. The number of aromatic nitrogens is 2. The van der Waals surface area contributed by atoms with Crippen LogP contribution in [0.5, 0.6) is 0 Å². The Hall–Kier alpha value is -0.830. The molecule has 1 aromatic rings. The lowest BCUT2D eigenvalue weighted by molar-refractivity contribution is 0.575. The molecule has 0 saturated heterocycles. The maximum absolute atomic E-state index is 4.33. The van der Waals surface area contributed by atoms with Gasteiger partial charge in [0.05, 0.1) is 6.54 Å². The van der Waals surface area contributed by atoms with Gasteiger partial charge in [0, 0.05) is 18.9 Å². The highest BCUT2D eigenvalue weighted by molar-refractivity contribution is 4.91. The lowest BCUT2D eigenvalue weighted by Crippen LogP contribution is -2.18. The van der Waals surface area contributed by atoms with Gasteiger partial charge in [0.25, 0.3) is 0 Å². The van der Waals surface area contributed by atoms with Crippen LogP contribution in [-0.2, 0) is 13.1 Å². The maximum Gasteiger partial charge on any atom is 0.122 e. The molecule has 0 unspecified atom stereocenters. The molecule has 0 aliphatic heterocycles. The molecule has 3 nitrogen and oxygen atoms in total. The Morgan fingerprint density at radius 1 is 1.36 bits per heavy atom. The summed E-state index contributed by atoms with van der Waals surface area (Å²) in [4.78, 5) is 4.33. The average Bonchev–Trinajstić information content (AvgIpc) is 2.61. The minimum Gasteiger partial charge on any atom is -0.334 e. The second-order valence-corrected chi connectivity index (χ2v) is 3.57. The molecule has 0 aliphatic carbocycles. The van der Waals surface area contributed by atoms with Crippen LogP contribution in [-0.4, -0.2) is 16.1 Å². The number of rotatable bonds is 7. The molecule has 0 radical (unpaired) electrons. The zero-order valence-corrected chi connectivity index (χ0v) is 9.29. The van der Waals surface area contributed by atoms with Gasteiger partial charge in [-0.2, -0.15) is 0 Å². The van der Waals surface area contributed by atoms with Crippen molar-refractivity contribution in [3.63, 3.8) is 0 Å². The largest absolute Gasteiger partial charge is 0.334 e. The summed E-state index contributed by atoms with van der Waals surface area (Å²) in [7, 11) is 0. The van der Waals surface area contributed by atoms with E-state index in [1.165, 1.54) is 19.3 Å². The van der Waals surface area contributed by atoms with Crippen LogP contribution in [0, 0.1) is 0 Å². The molecule has 0 bridgehead atoms. The van der Waals surface area contributed by atoms with Crippen LogP contribution in [0.15, 0.2) is 12.4 Å². The fourth-order valence-corrected chi connectivity index (χ4v) is 1.45. The lowest BCUT2D eigenvalue weighted by atomic mass is 10.3. The smallest absolute Gasteiger partial charge is 0.122 e. The summed E-state index contributed by atoms with van der Waals surface area (Å²) >= 11 is 0. The van der Waals surface area contributed by atoms with Gasteiger partial charge in [0.2, 0.25) is 0 Å². The molecule has 14 heavy (non-hydrogen) atoms. The summed E-state index contributed by atoms with van der Waals surface area (Å²) < 4.78 is 2.22. The highest BCUT2D eigenvalue weighted by Crippen LogP contribution is 1.98. The van der Waals surface area contributed by atoms with Gasteiger partial charge in [0.15, 0.2) is 0 Å². The molecule has 0 amide bonds. The van der Waals surface area contributed by atoms with Crippen molar-refractivity contribution in [1.82, 2.24) is 14.9 Å². The Bertz CT molecular complexity index is 242. The molecule has 1 N–H and O–H groups in total. The van der Waals surface area contributed by atoms with Crippen LogP contribution in [0.3, 0.4) is 0 Å². The fourth-order valence-electron chi connectivity index (χ4n) is 1.45. The van der Waals surface area contributed by atoms with Crippen LogP contribution in [0.2, 0.25) is 0 Å². The van der Waals surface area contributed by atoms with E-state index in [0.29, 0.717) is 0 Å². The van der Waals surface area contributed by atoms with Gasteiger partial charge in [-0.1, -0.05) is 20.3 Å². The van der Waals surface area contributed by atoms with Crippen molar-refractivity contribution in [3.8, 4) is 0 Å². The Kier molecular flexibility index (Phi) is 5.30. The minimum atomic E-state index is 0.896. The summed E-state index contributed by atoms with van der Waals surface area (Å²) in [5.74, 6) is 1.16. The van der Waals surface area contributed by atoms with Crippen LogP contribution >= 0.6 is 0 Å². The number of aryl methyl sites for hydroxylation is 1. The second-order valence-electron chi connectivity index (χ2n) is 3.57. The van der Waals surface area contributed by atoms with Crippen LogP contribution in [0.1, 0.15) is 38.9 Å². The van der Waals surface area contributed by atoms with Crippen molar-refractivity contribution in [2.24, 2.45) is 0 Å². The van der Waals surface area contributed by atoms with Crippen LogP contribution in [0.25, 0.3) is 0 Å². The van der Waals surface area contributed by atoms with Crippen molar-refractivity contribution in [1.29, 1.82) is 0 Å². The predicted molar refractivity (Wildman–Crippen MR) is 59.1 cm³/mol. The Morgan fingerprint density at radius 3 is 2.93 bits per heavy atom. The van der Waals surface area contributed by atoms with E-state index in [9.17, 15) is 0 Å². The Labute approximate surface area is 86.5 Å². The molecule has 0 atom stereocenters. The molecule has 0 spiro atoms. The number of nitrogens with one attached hydrogen (secondary N) is 1. The topological polar surface area (TPSA) is 29.9 Å². The first-order valence-electron chi connectivity index (χ1n) is 5.59. The maximum atomic E-state index is 4.33. The first-order valence-corrected chi connectivity index (χ1v) is 5.59. The molecule has 1 aromatic heterocycles. The summed E-state index contributed by atoms with van der Waals surface area (Å²) in [5, 5.41) is 3.40. The van der Waals surface area contributed by atoms with E-state index in [1.54, 1.807) is 0 Å². The predicted octanol–water partition coefficient (Wildman–Crippen LogP) is 2.18. The number of nitrogens with zero attached hydrogens (tertiary/aromatic N) is 2. The summed E-state index contributed by atoms with van der Waals surface area (Å²) in [6.07, 6.45) is 7.59. The van der Waals surface area contributed by atoms with Crippen molar-refractivity contribution in [3.05, 3.63) is 18.2 Å². The second kappa shape index (κ2) is 6.60. The summed E-state index contributed by atoms with van der Waals surface area (Å²) in [6, 6.07) is 0. The number of hydrogen-bond acceptors (Lipinski definition) is 2. The van der Waals surface area contributed by atoms with Crippen molar-refractivity contribution in [2.75, 3.05) is 6.54 Å². The van der Waals surface area contributed by atoms with E-state index in [-0.39, 0.29) is 0 Å². The van der Waals surface area contributed by atoms with E-state index in [2.05, 4.69) is 34.9 Å². The van der Waals surface area contributed by atoms with Gasteiger partial charge in [-0.15, -0.1) is 0 Å². The lowest BCUT2D eigenvalue weighted by Gasteiger charge is -2.06. The molecule has 0 saturated carbocycles. The Morgan fingerprint density at radius 2 is 2.21 bits per heavy atom. The molecule has 1 rings (SSSR count). The zero-order valence-electron chi connectivity index (χ0n) is 9.29. The van der Waals surface area contributed by atoms with Gasteiger partial charge in [0.1, 0.15) is 5.82 Å². The zero-order chi connectivity index (χ0) is 10.2. The first-order chi connectivity index (χ1) is 6.88. The van der Waals surface area contributed by atoms with E-state index in [1.807, 2.05) is 6.20 Å². The van der Waals surface area contributed by atoms with Gasteiger partial charge in [-0.25, -0.2) is 4.98 Å². The van der Waals surface area contributed by atoms with Crippen LogP contribution < -0.4 is 5.32 Å². The molecule has 0 aliphatic rings. The number of unbranched alkanes of at least 4 members (excludes halogenated alkanes) is 1. The molecule has 80 valence electrons. The van der Waals surface area contributed by atoms with E-state index >= 15 is 0 Å². The van der Waals surface area contributed by atoms with E-state index in [0.717, 1.165) is 25.5 Å². The minimum absolute atomic E-state index is 0.896. The standard InChI is InChI=1S/C11H21N3/c1-3-5-6-12-10-11-13-7-9-14(11)8-4-2/h7,9,12H,3-6,8,10H2,1-2H3. The summed E-state index contributed by atoms with van der Waals surface area (Å²) in [5.41, 5.74) is 0. The van der Waals surface area contributed by atoms with Crippen molar-refractivity contribution in [2.45, 2.75) is 46.2 Å². The first kappa shape index (κ1) is 11.2. The SMILES string of the molecule is CCCCNCc1nccn1CCC. The van der Waals surface area contributed by atoms with Gasteiger partial charge in [-0.3, -0.25) is 0 Å². The molecule has 1 heterocycles. The highest BCUT2D eigenvalue weighted by atomic mass is 15.1. The summed E-state index contributed by atoms with van der Waals surface area (Å²) in [6.45, 7) is 7.46. The van der Waals surface area contributed by atoms with E-state index < -0.39 is 0 Å². The normalized spacial score (nSPS) is 10.7. The monoisotopic (exact) mass is 195 g/mol. The van der Waals surface area contributed by atoms with Gasteiger partial charge < -0.3 is 9.88 Å². The molecular formula is C11H21N3. The third kappa shape index (κ3) is 3.50. The van der Waals surface area contributed by atoms with Crippen LogP contribution in [0.4, 0.5) is 0 Å². The molecular weight excluding hydrogens is 174 g/mol. The number of hydrogen-bond donors (Lipinski definition) is 1. The molecule has 3 heteroatoms. The molecule has 0 fully saturated rings. The quantitative estimate of drug-likeness (QED) is 0.676. The van der Waals surface area contributed by atoms with Gasteiger partial charge in [-0.05, 0) is 19.4 Å². The average molecular weight is 195 g/mol. The van der Waals surface area contributed by atoms with Crippen molar-refractivity contribution >= 4 is 0 Å².